The molecule has 0 aliphatic heterocycles. The Bertz CT molecular complexity index is 1340. The fraction of sp³-hybridized carbons (Fsp3) is 0. The molecule has 4 nitrogen and oxygen atoms in total. The first-order chi connectivity index (χ1) is 14.1. The number of fused-ring (bicyclic) bond motifs is 1. The molecule has 0 aliphatic rings. The number of hydrogen-bond donors (Lipinski definition) is 0. The molecule has 0 radical (unpaired) electrons. The summed E-state index contributed by atoms with van der Waals surface area (Å²) in [6.45, 7) is 0. The Morgan fingerprint density at radius 3 is 2.41 bits per heavy atom. The third-order valence-electron chi connectivity index (χ3n) is 4.72. The number of nitrogens with zero attached hydrogens (tertiary/aromatic N) is 4. The second-order valence-corrected chi connectivity index (χ2v) is 7.39. The molecule has 0 spiro atoms. The van der Waals surface area contributed by atoms with Crippen LogP contribution in [0.2, 0.25) is 10.0 Å². The Hall–Kier alpha value is -3.15. The predicted octanol–water partition coefficient (Wildman–Crippen LogP) is 6.30. The smallest absolute Gasteiger partial charge is 0.137 e. The van der Waals surface area contributed by atoms with Crippen LogP contribution in [0.3, 0.4) is 0 Å². The molecule has 3 aromatic heterocycles. The number of hydrogen-bond acceptors (Lipinski definition) is 2. The maximum Gasteiger partial charge on any atom is 0.137 e. The Morgan fingerprint density at radius 1 is 0.828 bits per heavy atom. The van der Waals surface area contributed by atoms with Crippen LogP contribution in [0, 0.1) is 5.82 Å². The van der Waals surface area contributed by atoms with Crippen molar-refractivity contribution in [2.24, 2.45) is 0 Å². The summed E-state index contributed by atoms with van der Waals surface area (Å²) in [5, 5.41) is 5.46. The highest BCUT2D eigenvalue weighted by atomic mass is 35.5. The molecule has 3 heterocycles. The minimum Gasteiger partial charge on any atom is -0.299 e. The molecule has 5 aromatic rings. The van der Waals surface area contributed by atoms with E-state index >= 15 is 0 Å². The quantitative estimate of drug-likeness (QED) is 0.341. The van der Waals surface area contributed by atoms with Crippen molar-refractivity contribution in [2.45, 2.75) is 0 Å². The van der Waals surface area contributed by atoms with Crippen molar-refractivity contribution in [3.63, 3.8) is 0 Å². The molecule has 0 bridgehead atoms. The van der Waals surface area contributed by atoms with Gasteiger partial charge in [-0.25, -0.2) is 14.1 Å². The highest BCUT2D eigenvalue weighted by molar-refractivity contribution is 6.30. The summed E-state index contributed by atoms with van der Waals surface area (Å²) in [7, 11) is 0. The van der Waals surface area contributed by atoms with E-state index in [1.54, 1.807) is 24.5 Å². The zero-order chi connectivity index (χ0) is 20.0. The maximum atomic E-state index is 14.5. The van der Waals surface area contributed by atoms with Crippen LogP contribution < -0.4 is 0 Å². The van der Waals surface area contributed by atoms with Gasteiger partial charge in [0.1, 0.15) is 11.5 Å². The van der Waals surface area contributed by atoms with Gasteiger partial charge in [-0.2, -0.15) is 5.10 Å². The molecule has 0 fully saturated rings. The molecule has 142 valence electrons. The van der Waals surface area contributed by atoms with Crippen molar-refractivity contribution in [3.8, 4) is 28.2 Å². The summed E-state index contributed by atoms with van der Waals surface area (Å²) in [5.74, 6) is -0.393. The molecule has 7 heteroatoms. The van der Waals surface area contributed by atoms with E-state index in [1.807, 2.05) is 57.7 Å². The van der Waals surface area contributed by atoms with Gasteiger partial charge in [-0.05, 0) is 60.7 Å². The maximum absolute atomic E-state index is 14.5. The van der Waals surface area contributed by atoms with Crippen molar-refractivity contribution < 1.29 is 4.39 Å². The van der Waals surface area contributed by atoms with Gasteiger partial charge in [0.05, 0.1) is 29.5 Å². The number of rotatable bonds is 3. The second-order valence-electron chi connectivity index (χ2n) is 6.52. The third kappa shape index (κ3) is 3.18. The van der Waals surface area contributed by atoms with E-state index in [4.69, 9.17) is 23.2 Å². The lowest BCUT2D eigenvalue weighted by Gasteiger charge is -2.10. The van der Waals surface area contributed by atoms with E-state index in [2.05, 4.69) is 10.1 Å². The monoisotopic (exact) mass is 422 g/mol. The van der Waals surface area contributed by atoms with Crippen LogP contribution in [0.5, 0.6) is 0 Å². The van der Waals surface area contributed by atoms with Crippen LogP contribution in [-0.2, 0) is 0 Å². The van der Waals surface area contributed by atoms with Crippen LogP contribution in [0.1, 0.15) is 0 Å². The summed E-state index contributed by atoms with van der Waals surface area (Å²) in [4.78, 5) is 4.40. The molecule has 0 N–H and O–H groups in total. The number of halogens is 3. The predicted molar refractivity (Wildman–Crippen MR) is 113 cm³/mol. The summed E-state index contributed by atoms with van der Waals surface area (Å²) in [6.07, 6.45) is 5.32. The Balaban J connectivity index is 1.65. The van der Waals surface area contributed by atoms with Crippen LogP contribution in [0.15, 0.2) is 79.3 Å². The Kier molecular flexibility index (Phi) is 4.34. The van der Waals surface area contributed by atoms with Crippen LogP contribution in [-0.4, -0.2) is 19.2 Å². The molecule has 0 amide bonds. The van der Waals surface area contributed by atoms with Gasteiger partial charge >= 0.3 is 0 Å². The number of aromatic nitrogens is 4. The van der Waals surface area contributed by atoms with E-state index < -0.39 is 5.82 Å². The summed E-state index contributed by atoms with van der Waals surface area (Å²) in [5.41, 5.74) is 4.50. The zero-order valence-corrected chi connectivity index (χ0v) is 16.4. The number of pyridine rings is 1. The van der Waals surface area contributed by atoms with E-state index in [-0.39, 0.29) is 0 Å². The average molecular weight is 423 g/mol. The van der Waals surface area contributed by atoms with Gasteiger partial charge in [-0.1, -0.05) is 23.2 Å². The van der Waals surface area contributed by atoms with Gasteiger partial charge in [0.2, 0.25) is 0 Å². The van der Waals surface area contributed by atoms with Crippen LogP contribution in [0.25, 0.3) is 33.8 Å². The zero-order valence-electron chi connectivity index (χ0n) is 14.9. The minimum atomic E-state index is -0.393. The second kappa shape index (κ2) is 7.03. The molecule has 0 atom stereocenters. The third-order valence-corrected chi connectivity index (χ3v) is 5.21. The first-order valence-electron chi connectivity index (χ1n) is 8.83. The highest BCUT2D eigenvalue weighted by Gasteiger charge is 2.14. The van der Waals surface area contributed by atoms with Crippen molar-refractivity contribution in [2.75, 3.05) is 0 Å². The summed E-state index contributed by atoms with van der Waals surface area (Å²) >= 11 is 11.9. The normalized spacial score (nSPS) is 11.3. The summed E-state index contributed by atoms with van der Waals surface area (Å²) < 4.78 is 18.2. The fourth-order valence-corrected chi connectivity index (χ4v) is 3.62. The van der Waals surface area contributed by atoms with Gasteiger partial charge < -0.3 is 0 Å². The van der Waals surface area contributed by atoms with E-state index in [0.717, 1.165) is 22.6 Å². The lowest BCUT2D eigenvalue weighted by molar-refractivity contribution is 0.630. The van der Waals surface area contributed by atoms with Crippen LogP contribution in [0.4, 0.5) is 4.39 Å². The number of benzene rings is 2. The van der Waals surface area contributed by atoms with Gasteiger partial charge in [0.15, 0.2) is 0 Å². The van der Waals surface area contributed by atoms with Crippen molar-refractivity contribution in [1.82, 2.24) is 19.2 Å². The highest BCUT2D eigenvalue weighted by Crippen LogP contribution is 2.29. The SMILES string of the molecule is Fc1cc(Cl)ccc1-c1cnc2ccc(-c3ccnn3-c3ccc(Cl)cc3)cn12. The first-order valence-corrected chi connectivity index (χ1v) is 9.58. The average Bonchev–Trinajstić information content (AvgIpc) is 3.35. The van der Waals surface area contributed by atoms with E-state index in [1.165, 1.54) is 6.07 Å². The Labute approximate surface area is 175 Å². The molecule has 2 aromatic carbocycles. The lowest BCUT2D eigenvalue weighted by Crippen LogP contribution is -1.99. The standard InChI is InChI=1S/C22H13Cl2FN4/c23-15-2-5-17(6-3-15)29-20(9-10-27-29)14-1-8-22-26-12-21(28(22)13-14)18-7-4-16(24)11-19(18)25/h1-13H. The van der Waals surface area contributed by atoms with Gasteiger partial charge in [-0.15, -0.1) is 0 Å². The minimum absolute atomic E-state index is 0.354. The molecule has 0 unspecified atom stereocenters. The van der Waals surface area contributed by atoms with Gasteiger partial charge in [-0.3, -0.25) is 4.40 Å². The molecular formula is C22H13Cl2FN4. The molecule has 5 rings (SSSR count). The number of imidazole rings is 1. The molecule has 0 saturated carbocycles. The molecule has 0 aliphatic carbocycles. The molecule has 0 saturated heterocycles. The lowest BCUT2D eigenvalue weighted by atomic mass is 10.1. The first kappa shape index (κ1) is 17.9. The van der Waals surface area contributed by atoms with E-state index in [9.17, 15) is 4.39 Å². The van der Waals surface area contributed by atoms with Gasteiger partial charge in [0.25, 0.3) is 0 Å². The topological polar surface area (TPSA) is 35.1 Å². The largest absolute Gasteiger partial charge is 0.299 e. The van der Waals surface area contributed by atoms with Gasteiger partial charge in [0, 0.05) is 27.4 Å². The Morgan fingerprint density at radius 2 is 1.62 bits per heavy atom. The fourth-order valence-electron chi connectivity index (χ4n) is 3.34. The van der Waals surface area contributed by atoms with Crippen molar-refractivity contribution in [3.05, 3.63) is 95.1 Å². The van der Waals surface area contributed by atoms with Crippen LogP contribution >= 0.6 is 23.2 Å². The summed E-state index contributed by atoms with van der Waals surface area (Å²) in [6, 6.07) is 17.9. The molecular weight excluding hydrogens is 410 g/mol. The van der Waals surface area contributed by atoms with Crippen molar-refractivity contribution >= 4 is 28.8 Å². The molecule has 29 heavy (non-hydrogen) atoms. The van der Waals surface area contributed by atoms with E-state index in [0.29, 0.717) is 21.3 Å². The van der Waals surface area contributed by atoms with Crippen molar-refractivity contribution in [1.29, 1.82) is 0 Å².